The highest BCUT2D eigenvalue weighted by atomic mass is 127. The predicted octanol–water partition coefficient (Wildman–Crippen LogP) is 4.79. The number of rotatable bonds is 4. The lowest BCUT2D eigenvalue weighted by Crippen LogP contribution is -2.63. The molecule has 1 fully saturated rings. The van der Waals surface area contributed by atoms with E-state index >= 15 is 0 Å². The van der Waals surface area contributed by atoms with Crippen molar-refractivity contribution >= 4 is 67.8 Å². The molecule has 1 aliphatic rings. The fourth-order valence-electron chi connectivity index (χ4n) is 2.96. The van der Waals surface area contributed by atoms with Crippen molar-refractivity contribution in [3.05, 3.63) is 22.8 Å². The lowest BCUT2D eigenvalue weighted by molar-refractivity contribution is -0.0730. The van der Waals surface area contributed by atoms with Crippen molar-refractivity contribution in [3.63, 3.8) is 0 Å². The summed E-state index contributed by atoms with van der Waals surface area (Å²) >= 11 is 7.07. The van der Waals surface area contributed by atoms with Gasteiger partial charge < -0.3 is 10.5 Å². The van der Waals surface area contributed by atoms with Gasteiger partial charge in [-0.15, -0.1) is 0 Å². The molecule has 1 saturated carbocycles. The van der Waals surface area contributed by atoms with Crippen molar-refractivity contribution in [2.45, 2.75) is 45.3 Å². The van der Waals surface area contributed by atoms with Gasteiger partial charge in [0.2, 0.25) is 0 Å². The quantitative estimate of drug-likeness (QED) is 0.508. The molecule has 2 atom stereocenters. The first-order valence-corrected chi connectivity index (χ1v) is 9.75. The molecule has 0 saturated heterocycles. The molecular formula is C14H18I3NO. The van der Waals surface area contributed by atoms with Crippen molar-refractivity contribution in [1.29, 1.82) is 0 Å². The van der Waals surface area contributed by atoms with Crippen molar-refractivity contribution < 1.29 is 4.74 Å². The van der Waals surface area contributed by atoms with E-state index in [-0.39, 0.29) is 17.6 Å². The van der Waals surface area contributed by atoms with Crippen LogP contribution in [0.5, 0.6) is 5.75 Å². The third-order valence-corrected chi connectivity index (χ3v) is 6.61. The van der Waals surface area contributed by atoms with E-state index in [4.69, 9.17) is 10.5 Å². The average Bonchev–Trinajstić information content (AvgIpc) is 2.33. The number of ether oxygens (including phenoxy) is 1. The average molecular weight is 597 g/mol. The topological polar surface area (TPSA) is 35.2 Å². The molecule has 1 aromatic rings. The molecule has 0 spiro atoms. The number of halogens is 3. The van der Waals surface area contributed by atoms with Crippen LogP contribution >= 0.6 is 67.8 Å². The van der Waals surface area contributed by atoms with Crippen LogP contribution in [-0.4, -0.2) is 12.1 Å². The summed E-state index contributed by atoms with van der Waals surface area (Å²) in [5, 5.41) is 0. The Morgan fingerprint density at radius 2 is 1.74 bits per heavy atom. The Balaban J connectivity index is 2.23. The molecule has 2 rings (SSSR count). The van der Waals surface area contributed by atoms with E-state index in [9.17, 15) is 0 Å². The largest absolute Gasteiger partial charge is 0.488 e. The van der Waals surface area contributed by atoms with Crippen LogP contribution in [0.2, 0.25) is 0 Å². The van der Waals surface area contributed by atoms with E-state index in [0.29, 0.717) is 0 Å². The first-order chi connectivity index (χ1) is 8.94. The van der Waals surface area contributed by atoms with Crippen LogP contribution in [0, 0.1) is 16.1 Å². The van der Waals surface area contributed by atoms with E-state index in [2.05, 4.69) is 93.8 Å². The van der Waals surface area contributed by atoms with E-state index in [1.807, 2.05) is 0 Å². The summed E-state index contributed by atoms with van der Waals surface area (Å²) in [5.74, 6) is 1.03. The number of hydrogen-bond donors (Lipinski definition) is 1. The van der Waals surface area contributed by atoms with Crippen LogP contribution in [0.15, 0.2) is 12.1 Å². The van der Waals surface area contributed by atoms with Crippen LogP contribution < -0.4 is 10.5 Å². The van der Waals surface area contributed by atoms with Gasteiger partial charge in [0.1, 0.15) is 11.9 Å². The van der Waals surface area contributed by atoms with Crippen molar-refractivity contribution in [2.75, 3.05) is 0 Å². The molecule has 2 unspecified atom stereocenters. The Hall–Kier alpha value is 1.17. The minimum absolute atomic E-state index is 0.162. The van der Waals surface area contributed by atoms with Crippen LogP contribution in [0.4, 0.5) is 0 Å². The molecule has 106 valence electrons. The minimum Gasteiger partial charge on any atom is -0.488 e. The molecule has 0 amide bonds. The Morgan fingerprint density at radius 3 is 2.16 bits per heavy atom. The highest BCUT2D eigenvalue weighted by molar-refractivity contribution is 14.1. The Morgan fingerprint density at radius 1 is 1.21 bits per heavy atom. The summed E-state index contributed by atoms with van der Waals surface area (Å²) in [7, 11) is 0. The predicted molar refractivity (Wildman–Crippen MR) is 105 cm³/mol. The van der Waals surface area contributed by atoms with Crippen LogP contribution in [0.25, 0.3) is 0 Å². The Bertz CT molecular complexity index is 451. The zero-order valence-electron chi connectivity index (χ0n) is 11.1. The molecule has 0 radical (unpaired) electrons. The van der Waals surface area contributed by atoms with Crippen LogP contribution in [0.3, 0.4) is 0 Å². The molecule has 0 aliphatic heterocycles. The Labute approximate surface area is 156 Å². The number of nitrogens with two attached hydrogens (primary N) is 1. The van der Waals surface area contributed by atoms with Gasteiger partial charge in [-0.3, -0.25) is 0 Å². The minimum atomic E-state index is 0.162. The fraction of sp³-hybridized carbons (Fsp3) is 0.571. The van der Waals surface area contributed by atoms with E-state index < -0.39 is 0 Å². The molecule has 1 aliphatic carbocycles. The van der Waals surface area contributed by atoms with Crippen LogP contribution in [-0.2, 0) is 0 Å². The first kappa shape index (κ1) is 16.5. The van der Waals surface area contributed by atoms with Crippen molar-refractivity contribution in [2.24, 2.45) is 11.1 Å². The maximum atomic E-state index is 6.34. The van der Waals surface area contributed by atoms with Gasteiger partial charge in [0, 0.05) is 21.4 Å². The lowest BCUT2D eigenvalue weighted by Gasteiger charge is -2.53. The van der Waals surface area contributed by atoms with Crippen molar-refractivity contribution in [1.82, 2.24) is 0 Å². The summed E-state index contributed by atoms with van der Waals surface area (Å²) in [6.45, 7) is 4.45. The maximum Gasteiger partial charge on any atom is 0.146 e. The van der Waals surface area contributed by atoms with Gasteiger partial charge in [0.15, 0.2) is 0 Å². The molecule has 0 heterocycles. The molecule has 5 heteroatoms. The van der Waals surface area contributed by atoms with Gasteiger partial charge in [-0.05, 0) is 92.7 Å². The standard InChI is InChI=1S/C14H18I3NO/c1-3-14(4-2)11(18)7-12(14)19-13-9(16)5-8(15)6-10(13)17/h5-6,11-12H,3-4,7,18H2,1-2H3. The van der Waals surface area contributed by atoms with Gasteiger partial charge in [-0.1, -0.05) is 13.8 Å². The second-order valence-electron chi connectivity index (χ2n) is 5.09. The van der Waals surface area contributed by atoms with Crippen molar-refractivity contribution in [3.8, 4) is 5.75 Å². The van der Waals surface area contributed by atoms with Gasteiger partial charge in [0.25, 0.3) is 0 Å². The second-order valence-corrected chi connectivity index (χ2v) is 8.66. The summed E-state index contributed by atoms with van der Waals surface area (Å²) in [6.07, 6.45) is 3.42. The molecule has 2 N–H and O–H groups in total. The third kappa shape index (κ3) is 3.03. The molecular weight excluding hydrogens is 579 g/mol. The summed E-state index contributed by atoms with van der Waals surface area (Å²) < 4.78 is 9.97. The van der Waals surface area contributed by atoms with Gasteiger partial charge in [0.05, 0.1) is 7.14 Å². The fourth-order valence-corrected chi connectivity index (χ4v) is 6.79. The lowest BCUT2D eigenvalue weighted by atomic mass is 9.59. The van der Waals surface area contributed by atoms with E-state index in [0.717, 1.165) is 25.0 Å². The van der Waals surface area contributed by atoms with Gasteiger partial charge in [-0.2, -0.15) is 0 Å². The highest BCUT2D eigenvalue weighted by Crippen LogP contribution is 2.48. The van der Waals surface area contributed by atoms with E-state index in [1.165, 1.54) is 10.7 Å². The van der Waals surface area contributed by atoms with E-state index in [1.54, 1.807) is 0 Å². The van der Waals surface area contributed by atoms with Crippen LogP contribution in [0.1, 0.15) is 33.1 Å². The normalized spacial score (nSPS) is 24.9. The zero-order valence-corrected chi connectivity index (χ0v) is 17.5. The van der Waals surface area contributed by atoms with Gasteiger partial charge in [-0.25, -0.2) is 0 Å². The summed E-state index contributed by atoms with van der Waals surface area (Å²) in [5.41, 5.74) is 6.40. The molecule has 0 aromatic heterocycles. The molecule has 0 bridgehead atoms. The Kier molecular flexibility index (Phi) is 5.67. The first-order valence-electron chi connectivity index (χ1n) is 6.51. The molecule has 19 heavy (non-hydrogen) atoms. The maximum absolute atomic E-state index is 6.34. The SMILES string of the molecule is CCC1(CC)C(N)CC1Oc1c(I)cc(I)cc1I. The smallest absolute Gasteiger partial charge is 0.146 e. The number of hydrogen-bond acceptors (Lipinski definition) is 2. The highest BCUT2D eigenvalue weighted by Gasteiger charge is 2.52. The monoisotopic (exact) mass is 597 g/mol. The summed E-state index contributed by atoms with van der Waals surface area (Å²) in [4.78, 5) is 0. The molecule has 2 nitrogen and oxygen atoms in total. The van der Waals surface area contributed by atoms with Gasteiger partial charge >= 0.3 is 0 Å². The number of benzene rings is 1. The summed E-state index contributed by atoms with van der Waals surface area (Å²) in [6, 6.07) is 4.61. The second kappa shape index (κ2) is 6.51. The molecule has 1 aromatic carbocycles. The third-order valence-electron chi connectivity index (χ3n) is 4.39. The zero-order chi connectivity index (χ0) is 14.2.